The van der Waals surface area contributed by atoms with Crippen LogP contribution in [0.25, 0.3) is 10.8 Å². The Morgan fingerprint density at radius 1 is 0.952 bits per heavy atom. The van der Waals surface area contributed by atoms with Crippen molar-refractivity contribution in [3.05, 3.63) is 74.9 Å². The highest BCUT2D eigenvalue weighted by atomic mass is 79.9. The van der Waals surface area contributed by atoms with Crippen molar-refractivity contribution in [2.24, 2.45) is 0 Å². The van der Waals surface area contributed by atoms with Gasteiger partial charge in [-0.25, -0.2) is 0 Å². The molecule has 4 heteroatoms. The van der Waals surface area contributed by atoms with E-state index in [2.05, 4.69) is 84.6 Å². The van der Waals surface area contributed by atoms with Crippen molar-refractivity contribution in [1.29, 1.82) is 0 Å². The van der Waals surface area contributed by atoms with E-state index in [1.807, 2.05) is 12.3 Å². The van der Waals surface area contributed by atoms with Gasteiger partial charge in [0.1, 0.15) is 0 Å². The van der Waals surface area contributed by atoms with E-state index in [1.165, 1.54) is 16.3 Å². The molecule has 2 nitrogen and oxygen atoms in total. The zero-order valence-electron chi connectivity index (χ0n) is 11.3. The highest BCUT2D eigenvalue weighted by molar-refractivity contribution is 9.11. The zero-order valence-corrected chi connectivity index (χ0v) is 14.5. The average Bonchev–Trinajstić information content (AvgIpc) is 2.50. The summed E-state index contributed by atoms with van der Waals surface area (Å²) in [6, 6.07) is 16.9. The molecule has 0 aliphatic carbocycles. The van der Waals surface area contributed by atoms with E-state index in [9.17, 15) is 0 Å². The molecule has 0 unspecified atom stereocenters. The Kier molecular flexibility index (Phi) is 4.68. The maximum Gasteiger partial charge on any atom is 0.0684 e. The maximum absolute atomic E-state index is 4.42. The van der Waals surface area contributed by atoms with Crippen molar-refractivity contribution in [3.63, 3.8) is 0 Å². The number of hydrogen-bond acceptors (Lipinski definition) is 2. The summed E-state index contributed by atoms with van der Waals surface area (Å²) in [5, 5.41) is 6.04. The minimum atomic E-state index is 0.733. The number of halogens is 2. The molecule has 0 bridgehead atoms. The van der Waals surface area contributed by atoms with Gasteiger partial charge in [0.05, 0.1) is 5.69 Å². The van der Waals surface area contributed by atoms with Crippen molar-refractivity contribution in [1.82, 2.24) is 10.3 Å². The summed E-state index contributed by atoms with van der Waals surface area (Å²) >= 11 is 6.96. The summed E-state index contributed by atoms with van der Waals surface area (Å²) in [5.41, 5.74) is 2.32. The highest BCUT2D eigenvalue weighted by Crippen LogP contribution is 2.20. The van der Waals surface area contributed by atoms with E-state index >= 15 is 0 Å². The second kappa shape index (κ2) is 6.69. The summed E-state index contributed by atoms with van der Waals surface area (Å²) in [6.45, 7) is 1.56. The Bertz CT molecular complexity index is 766. The quantitative estimate of drug-likeness (QED) is 0.656. The van der Waals surface area contributed by atoms with E-state index in [-0.39, 0.29) is 0 Å². The molecule has 0 amide bonds. The van der Waals surface area contributed by atoms with Crippen LogP contribution in [0.2, 0.25) is 0 Å². The largest absolute Gasteiger partial charge is 0.307 e. The number of nitrogens with zero attached hydrogens (tertiary/aromatic N) is 1. The molecule has 1 heterocycles. The molecule has 0 atom stereocenters. The van der Waals surface area contributed by atoms with Crippen molar-refractivity contribution >= 4 is 42.6 Å². The van der Waals surface area contributed by atoms with Gasteiger partial charge < -0.3 is 5.32 Å². The molecule has 0 saturated heterocycles. The first-order valence-corrected chi connectivity index (χ1v) is 8.30. The molecule has 3 rings (SSSR count). The maximum atomic E-state index is 4.42. The number of benzene rings is 2. The third-order valence-corrected chi connectivity index (χ3v) is 4.49. The van der Waals surface area contributed by atoms with Crippen LogP contribution >= 0.6 is 31.9 Å². The lowest BCUT2D eigenvalue weighted by molar-refractivity contribution is 0.680. The molecule has 3 aromatic rings. The molecule has 2 aromatic carbocycles. The first-order chi connectivity index (χ1) is 10.2. The Morgan fingerprint density at radius 2 is 1.76 bits per heavy atom. The van der Waals surface area contributed by atoms with Crippen molar-refractivity contribution in [2.75, 3.05) is 0 Å². The lowest BCUT2D eigenvalue weighted by Gasteiger charge is -2.09. The van der Waals surface area contributed by atoms with Gasteiger partial charge in [0.15, 0.2) is 0 Å². The third-order valence-electron chi connectivity index (χ3n) is 3.37. The molecular formula is C17H14Br2N2. The SMILES string of the molecule is Brc1cnc(CNCc2cccc3ccccc23)c(Br)c1. The van der Waals surface area contributed by atoms with E-state index < -0.39 is 0 Å². The standard InChI is InChI=1S/C17H14Br2N2/c18-14-8-16(19)17(21-10-14)11-20-9-13-6-3-5-12-4-1-2-7-15(12)13/h1-8,10,20H,9,11H2. The van der Waals surface area contributed by atoms with Gasteiger partial charge in [-0.05, 0) is 54.3 Å². The Labute approximate surface area is 140 Å². The van der Waals surface area contributed by atoms with Gasteiger partial charge in [-0.2, -0.15) is 0 Å². The minimum absolute atomic E-state index is 0.733. The van der Waals surface area contributed by atoms with Crippen LogP contribution in [0.3, 0.4) is 0 Å². The van der Waals surface area contributed by atoms with Crippen LogP contribution in [0.4, 0.5) is 0 Å². The van der Waals surface area contributed by atoms with E-state index in [4.69, 9.17) is 0 Å². The van der Waals surface area contributed by atoms with E-state index in [0.29, 0.717) is 0 Å². The Balaban J connectivity index is 1.72. The molecule has 21 heavy (non-hydrogen) atoms. The normalized spacial score (nSPS) is 11.0. The minimum Gasteiger partial charge on any atom is -0.307 e. The second-order valence-electron chi connectivity index (χ2n) is 4.82. The molecule has 0 spiro atoms. The molecular weight excluding hydrogens is 392 g/mol. The molecule has 1 N–H and O–H groups in total. The van der Waals surface area contributed by atoms with Crippen LogP contribution in [-0.2, 0) is 13.1 Å². The first kappa shape index (κ1) is 14.7. The van der Waals surface area contributed by atoms with Crippen LogP contribution < -0.4 is 5.32 Å². The summed E-state index contributed by atoms with van der Waals surface area (Å²) in [5.74, 6) is 0. The number of aromatic nitrogens is 1. The first-order valence-electron chi connectivity index (χ1n) is 6.71. The van der Waals surface area contributed by atoms with Crippen molar-refractivity contribution < 1.29 is 0 Å². The molecule has 0 saturated carbocycles. The number of nitrogens with one attached hydrogen (secondary N) is 1. The molecule has 0 fully saturated rings. The lowest BCUT2D eigenvalue weighted by atomic mass is 10.0. The zero-order chi connectivity index (χ0) is 14.7. The summed E-state index contributed by atoms with van der Waals surface area (Å²) in [6.07, 6.45) is 1.82. The van der Waals surface area contributed by atoms with Crippen LogP contribution in [0, 0.1) is 0 Å². The Morgan fingerprint density at radius 3 is 2.62 bits per heavy atom. The van der Waals surface area contributed by atoms with Gasteiger partial charge in [0.2, 0.25) is 0 Å². The highest BCUT2D eigenvalue weighted by Gasteiger charge is 2.03. The molecule has 1 aromatic heterocycles. The predicted molar refractivity (Wildman–Crippen MR) is 94.1 cm³/mol. The molecule has 0 radical (unpaired) electrons. The monoisotopic (exact) mass is 404 g/mol. The van der Waals surface area contributed by atoms with Crippen molar-refractivity contribution in [3.8, 4) is 0 Å². The topological polar surface area (TPSA) is 24.9 Å². The Hall–Kier alpha value is -1.23. The lowest BCUT2D eigenvalue weighted by Crippen LogP contribution is -2.14. The van der Waals surface area contributed by atoms with Gasteiger partial charge in [-0.3, -0.25) is 4.98 Å². The van der Waals surface area contributed by atoms with E-state index in [1.54, 1.807) is 0 Å². The van der Waals surface area contributed by atoms with E-state index in [0.717, 1.165) is 27.7 Å². The summed E-state index contributed by atoms with van der Waals surface area (Å²) < 4.78 is 1.99. The molecule has 106 valence electrons. The third kappa shape index (κ3) is 3.51. The average molecular weight is 406 g/mol. The molecule has 0 aliphatic rings. The van der Waals surface area contributed by atoms with Gasteiger partial charge in [0, 0.05) is 28.2 Å². The number of pyridine rings is 1. The summed E-state index contributed by atoms with van der Waals surface area (Å²) in [7, 11) is 0. The van der Waals surface area contributed by atoms with Crippen LogP contribution in [-0.4, -0.2) is 4.98 Å². The van der Waals surface area contributed by atoms with Crippen LogP contribution in [0.15, 0.2) is 63.7 Å². The van der Waals surface area contributed by atoms with Crippen LogP contribution in [0.1, 0.15) is 11.3 Å². The number of rotatable bonds is 4. The van der Waals surface area contributed by atoms with Crippen LogP contribution in [0.5, 0.6) is 0 Å². The fraction of sp³-hybridized carbons (Fsp3) is 0.118. The van der Waals surface area contributed by atoms with Gasteiger partial charge in [-0.15, -0.1) is 0 Å². The molecule has 0 aliphatic heterocycles. The fourth-order valence-electron chi connectivity index (χ4n) is 2.34. The van der Waals surface area contributed by atoms with Gasteiger partial charge >= 0.3 is 0 Å². The number of fused-ring (bicyclic) bond motifs is 1. The predicted octanol–water partition coefficient (Wildman–Crippen LogP) is 5.05. The fourth-order valence-corrected chi connectivity index (χ4v) is 3.46. The smallest absolute Gasteiger partial charge is 0.0684 e. The van der Waals surface area contributed by atoms with Gasteiger partial charge in [0.25, 0.3) is 0 Å². The van der Waals surface area contributed by atoms with Gasteiger partial charge in [-0.1, -0.05) is 42.5 Å². The van der Waals surface area contributed by atoms with Crippen molar-refractivity contribution in [2.45, 2.75) is 13.1 Å². The summed E-state index contributed by atoms with van der Waals surface area (Å²) in [4.78, 5) is 4.42. The number of hydrogen-bond donors (Lipinski definition) is 1. The second-order valence-corrected chi connectivity index (χ2v) is 6.59.